The van der Waals surface area contributed by atoms with Crippen LogP contribution in [0.2, 0.25) is 0 Å². The summed E-state index contributed by atoms with van der Waals surface area (Å²) >= 11 is 0. The largest absolute Gasteiger partial charge is 0.462 e. The van der Waals surface area contributed by atoms with Gasteiger partial charge in [-0.25, -0.2) is 9.59 Å². The summed E-state index contributed by atoms with van der Waals surface area (Å²) in [6.45, 7) is 14.4. The van der Waals surface area contributed by atoms with Gasteiger partial charge < -0.3 is 14.8 Å². The number of benzene rings is 1. The number of hydrogen-bond donors (Lipinski definition) is 1. The monoisotopic (exact) mass is 822 g/mol. The fourth-order valence-corrected chi connectivity index (χ4v) is 8.72. The minimum Gasteiger partial charge on any atom is -0.462 e. The van der Waals surface area contributed by atoms with Crippen LogP contribution < -0.4 is 14.5 Å². The van der Waals surface area contributed by atoms with E-state index in [4.69, 9.17) is 9.47 Å². The van der Waals surface area contributed by atoms with Crippen LogP contribution in [0.15, 0.2) is 89.8 Å². The predicted molar refractivity (Wildman–Crippen MR) is 244 cm³/mol. The molecule has 0 bridgehead atoms. The van der Waals surface area contributed by atoms with Gasteiger partial charge in [-0.15, -0.1) is 0 Å². The van der Waals surface area contributed by atoms with E-state index < -0.39 is 5.92 Å². The first-order valence-electron chi connectivity index (χ1n) is 23.8. The Labute approximate surface area is 364 Å². The van der Waals surface area contributed by atoms with Crippen LogP contribution in [0.25, 0.3) is 0 Å². The number of carbonyl (C=O) groups excluding carboxylic acids is 2. The normalized spacial score (nSPS) is 13.2. The lowest BCUT2D eigenvalue weighted by molar-refractivity contribution is -0.692. The zero-order valence-corrected chi connectivity index (χ0v) is 38.4. The maximum atomic E-state index is 14.6. The lowest BCUT2D eigenvalue weighted by Crippen LogP contribution is -2.46. The molecule has 328 valence electrons. The molecule has 7 heteroatoms. The minimum absolute atomic E-state index is 0.345. The van der Waals surface area contributed by atoms with Crippen LogP contribution in [-0.2, 0) is 32.2 Å². The second kappa shape index (κ2) is 27.6. The summed E-state index contributed by atoms with van der Waals surface area (Å²) in [6, 6.07) is 14.3. The van der Waals surface area contributed by atoms with E-state index >= 15 is 0 Å². The smallest absolute Gasteiger partial charge is 0.337 e. The molecule has 3 heterocycles. The number of dihydropyridines is 1. The van der Waals surface area contributed by atoms with Crippen molar-refractivity contribution in [2.75, 3.05) is 13.2 Å². The van der Waals surface area contributed by atoms with E-state index in [0.717, 1.165) is 77.7 Å². The number of pyridine rings is 2. The summed E-state index contributed by atoms with van der Waals surface area (Å²) in [5.41, 5.74) is 7.81. The summed E-state index contributed by atoms with van der Waals surface area (Å²) in [4.78, 5) is 29.3. The predicted octanol–water partition coefficient (Wildman–Crippen LogP) is 12.0. The summed E-state index contributed by atoms with van der Waals surface area (Å²) < 4.78 is 16.6. The molecule has 7 nitrogen and oxygen atoms in total. The van der Waals surface area contributed by atoms with Crippen molar-refractivity contribution in [2.45, 2.75) is 189 Å². The van der Waals surface area contributed by atoms with Crippen molar-refractivity contribution in [1.29, 1.82) is 0 Å². The molecule has 0 unspecified atom stereocenters. The second-order valence-corrected chi connectivity index (χ2v) is 17.5. The Morgan fingerprint density at radius 2 is 0.833 bits per heavy atom. The molecule has 0 saturated heterocycles. The van der Waals surface area contributed by atoms with E-state index in [2.05, 4.69) is 92.9 Å². The topological polar surface area (TPSA) is 72.4 Å². The van der Waals surface area contributed by atoms with E-state index in [1.54, 1.807) is 0 Å². The third-order valence-corrected chi connectivity index (χ3v) is 11.6. The van der Waals surface area contributed by atoms with Gasteiger partial charge in [0.25, 0.3) is 0 Å². The zero-order valence-electron chi connectivity index (χ0n) is 38.4. The highest BCUT2D eigenvalue weighted by molar-refractivity contribution is 6.00. The van der Waals surface area contributed by atoms with Gasteiger partial charge in [-0.2, -0.15) is 9.13 Å². The van der Waals surface area contributed by atoms with Crippen LogP contribution in [0, 0.1) is 27.7 Å². The molecular weight excluding hydrogens is 743 g/mol. The standard InChI is InChI=1S/C53H78N3O4/c1-7-9-11-13-15-17-19-21-23-28-32-59-52(57)50-47(40-55-36-42(3)34-43(4)37-55)54-48(41-56-38-44(5)35-45(6)39-56)51(49(50)46-30-26-25-27-31-46)53(58)60-33-29-24-22-20-18-16-14-12-10-8-2/h25-27,30-31,34-39,49H,7-24,28-29,32-33,40-41H2,1-6H3/q+1/p+1. The molecule has 4 rings (SSSR count). The van der Waals surface area contributed by atoms with E-state index in [1.165, 1.54) is 89.9 Å². The van der Waals surface area contributed by atoms with Crippen LogP contribution in [-0.4, -0.2) is 25.2 Å². The Bertz CT molecular complexity index is 1660. The van der Waals surface area contributed by atoms with Crippen molar-refractivity contribution >= 4 is 11.9 Å². The number of unbranched alkanes of at least 4 members (excludes halogenated alkanes) is 18. The highest BCUT2D eigenvalue weighted by Gasteiger charge is 2.42. The number of carbonyl (C=O) groups is 2. The van der Waals surface area contributed by atoms with Gasteiger partial charge in [0.2, 0.25) is 0 Å². The zero-order chi connectivity index (χ0) is 43.0. The first-order chi connectivity index (χ1) is 29.2. The van der Waals surface area contributed by atoms with Crippen molar-refractivity contribution in [3.05, 3.63) is 118 Å². The molecule has 0 amide bonds. The number of nitrogens with one attached hydrogen (secondary N) is 1. The first-order valence-corrected chi connectivity index (χ1v) is 23.8. The van der Waals surface area contributed by atoms with Gasteiger partial charge in [-0.05, 0) is 58.2 Å². The molecule has 0 aliphatic carbocycles. The molecule has 1 aliphatic rings. The van der Waals surface area contributed by atoms with Crippen molar-refractivity contribution in [3.8, 4) is 0 Å². The van der Waals surface area contributed by atoms with Gasteiger partial charge in [0.15, 0.2) is 37.9 Å². The highest BCUT2D eigenvalue weighted by atomic mass is 16.5. The van der Waals surface area contributed by atoms with E-state index in [-0.39, 0.29) is 11.9 Å². The average molecular weight is 822 g/mol. The summed E-state index contributed by atoms with van der Waals surface area (Å²) in [5.74, 6) is -1.44. The van der Waals surface area contributed by atoms with Crippen LogP contribution >= 0.6 is 0 Å². The molecule has 1 N–H and O–H groups in total. The van der Waals surface area contributed by atoms with E-state index in [9.17, 15) is 9.59 Å². The molecular formula is C53H79N3O4+2. The van der Waals surface area contributed by atoms with Crippen LogP contribution in [0.4, 0.5) is 0 Å². The van der Waals surface area contributed by atoms with Crippen molar-refractivity contribution in [2.24, 2.45) is 0 Å². The molecule has 0 spiro atoms. The third-order valence-electron chi connectivity index (χ3n) is 11.6. The molecule has 1 aromatic carbocycles. The molecule has 1 aliphatic heterocycles. The van der Waals surface area contributed by atoms with E-state index in [1.807, 2.05) is 30.3 Å². The molecule has 0 atom stereocenters. The number of nitrogens with zero attached hydrogens (tertiary/aromatic N) is 2. The molecule has 0 fully saturated rings. The Morgan fingerprint density at radius 3 is 1.18 bits per heavy atom. The highest BCUT2D eigenvalue weighted by Crippen LogP contribution is 2.40. The van der Waals surface area contributed by atoms with Gasteiger partial charge in [0.1, 0.15) is 0 Å². The minimum atomic E-state index is -0.670. The van der Waals surface area contributed by atoms with Crippen LogP contribution in [0.3, 0.4) is 0 Å². The fourth-order valence-electron chi connectivity index (χ4n) is 8.72. The van der Waals surface area contributed by atoms with Crippen molar-refractivity contribution < 1.29 is 28.2 Å². The van der Waals surface area contributed by atoms with Gasteiger partial charge in [-0.1, -0.05) is 160 Å². The molecule has 0 saturated carbocycles. The number of hydrogen-bond acceptors (Lipinski definition) is 5. The Morgan fingerprint density at radius 1 is 0.500 bits per heavy atom. The number of rotatable bonds is 29. The summed E-state index contributed by atoms with van der Waals surface area (Å²) in [7, 11) is 0. The average Bonchev–Trinajstić information content (AvgIpc) is 3.21. The molecule has 3 aromatic rings. The van der Waals surface area contributed by atoms with Gasteiger partial charge in [0.05, 0.1) is 41.7 Å². The maximum Gasteiger partial charge on any atom is 0.337 e. The number of aromatic nitrogens is 2. The lowest BCUT2D eigenvalue weighted by atomic mass is 9.79. The first kappa shape index (κ1) is 48.4. The number of ether oxygens (including phenoxy) is 2. The van der Waals surface area contributed by atoms with Crippen LogP contribution in [0.1, 0.15) is 176 Å². The van der Waals surface area contributed by atoms with Crippen molar-refractivity contribution in [1.82, 2.24) is 5.32 Å². The Balaban J connectivity index is 1.61. The van der Waals surface area contributed by atoms with Crippen LogP contribution in [0.5, 0.6) is 0 Å². The fraction of sp³-hybridized carbons (Fsp3) is 0.585. The number of aryl methyl sites for hydroxylation is 4. The van der Waals surface area contributed by atoms with Crippen molar-refractivity contribution in [3.63, 3.8) is 0 Å². The summed E-state index contributed by atoms with van der Waals surface area (Å²) in [5, 5.41) is 3.69. The summed E-state index contributed by atoms with van der Waals surface area (Å²) in [6.07, 6.45) is 32.5. The number of allylic oxidation sites excluding steroid dienone is 2. The third kappa shape index (κ3) is 17.0. The number of esters is 2. The second-order valence-electron chi connectivity index (χ2n) is 17.5. The SMILES string of the molecule is CCCCCCCCCCCCOC(=O)C1=C(C[n+]2cc(C)cc(C)c2)NC(C[n+]2cc(C)cc(C)c2)=C(C(=O)OCCCCCCCCCCCC)C1c1ccccc1. The van der Waals surface area contributed by atoms with Gasteiger partial charge in [-0.3, -0.25) is 0 Å². The molecule has 60 heavy (non-hydrogen) atoms. The Hall–Kier alpha value is -4.26. The maximum absolute atomic E-state index is 14.6. The molecule has 2 aromatic heterocycles. The lowest BCUT2D eigenvalue weighted by Gasteiger charge is -2.31. The van der Waals surface area contributed by atoms with Gasteiger partial charge >= 0.3 is 11.9 Å². The molecule has 0 radical (unpaired) electrons. The quantitative estimate of drug-likeness (QED) is 0.0429. The van der Waals surface area contributed by atoms with E-state index in [0.29, 0.717) is 37.4 Å². The Kier molecular flexibility index (Phi) is 22.2. The van der Waals surface area contributed by atoms with Gasteiger partial charge in [0, 0.05) is 22.3 Å².